The lowest BCUT2D eigenvalue weighted by atomic mass is 9.90. The average molecular weight is 227 g/mol. The quantitative estimate of drug-likeness (QED) is 0.850. The van der Waals surface area contributed by atoms with E-state index >= 15 is 0 Å². The van der Waals surface area contributed by atoms with Crippen LogP contribution in [0.25, 0.3) is 0 Å². The SMILES string of the molecule is CCc1nnsc1C(N)C1CCOCC1. The number of aryl methyl sites for hydroxylation is 1. The van der Waals surface area contributed by atoms with Crippen molar-refractivity contribution in [3.63, 3.8) is 0 Å². The van der Waals surface area contributed by atoms with Crippen LogP contribution in [-0.4, -0.2) is 22.8 Å². The van der Waals surface area contributed by atoms with Crippen molar-refractivity contribution >= 4 is 11.5 Å². The van der Waals surface area contributed by atoms with E-state index in [9.17, 15) is 0 Å². The first kappa shape index (κ1) is 11.0. The Morgan fingerprint density at radius 3 is 2.93 bits per heavy atom. The van der Waals surface area contributed by atoms with Crippen LogP contribution in [0.15, 0.2) is 0 Å². The summed E-state index contributed by atoms with van der Waals surface area (Å²) < 4.78 is 9.33. The number of rotatable bonds is 3. The third-order valence-corrected chi connectivity index (χ3v) is 3.86. The minimum absolute atomic E-state index is 0.101. The lowest BCUT2D eigenvalue weighted by Crippen LogP contribution is -2.27. The maximum atomic E-state index is 6.27. The van der Waals surface area contributed by atoms with Crippen molar-refractivity contribution < 1.29 is 4.74 Å². The third kappa shape index (κ3) is 2.35. The highest BCUT2D eigenvalue weighted by Gasteiger charge is 2.25. The van der Waals surface area contributed by atoms with Crippen molar-refractivity contribution in [3.8, 4) is 0 Å². The van der Waals surface area contributed by atoms with Gasteiger partial charge >= 0.3 is 0 Å². The first-order chi connectivity index (χ1) is 7.33. The van der Waals surface area contributed by atoms with E-state index in [-0.39, 0.29) is 6.04 Å². The second kappa shape index (κ2) is 5.01. The number of nitrogens with zero attached hydrogens (tertiary/aromatic N) is 2. The van der Waals surface area contributed by atoms with Crippen LogP contribution in [0.3, 0.4) is 0 Å². The minimum Gasteiger partial charge on any atom is -0.381 e. The largest absolute Gasteiger partial charge is 0.381 e. The maximum Gasteiger partial charge on any atom is 0.0801 e. The maximum absolute atomic E-state index is 6.27. The number of hydrogen-bond donors (Lipinski definition) is 1. The van der Waals surface area contributed by atoms with Gasteiger partial charge in [0.1, 0.15) is 0 Å². The Hall–Kier alpha value is -0.520. The van der Waals surface area contributed by atoms with Gasteiger partial charge in [0, 0.05) is 19.3 Å². The van der Waals surface area contributed by atoms with E-state index in [1.165, 1.54) is 16.4 Å². The van der Waals surface area contributed by atoms with E-state index in [0.717, 1.165) is 38.2 Å². The molecule has 4 nitrogen and oxygen atoms in total. The summed E-state index contributed by atoms with van der Waals surface area (Å²) in [6, 6.07) is 0.101. The van der Waals surface area contributed by atoms with Crippen LogP contribution in [0.2, 0.25) is 0 Å². The van der Waals surface area contributed by atoms with E-state index in [4.69, 9.17) is 10.5 Å². The molecule has 15 heavy (non-hydrogen) atoms. The summed E-state index contributed by atoms with van der Waals surface area (Å²) in [5, 5.41) is 4.11. The molecule has 1 aromatic rings. The second-order valence-electron chi connectivity index (χ2n) is 3.91. The summed E-state index contributed by atoms with van der Waals surface area (Å²) in [5.74, 6) is 0.534. The van der Waals surface area contributed by atoms with Crippen LogP contribution in [0, 0.1) is 5.92 Å². The monoisotopic (exact) mass is 227 g/mol. The summed E-state index contributed by atoms with van der Waals surface area (Å²) in [6.07, 6.45) is 3.03. The van der Waals surface area contributed by atoms with Crippen molar-refractivity contribution in [1.82, 2.24) is 9.59 Å². The molecular formula is C10H17N3OS. The average Bonchev–Trinajstić information content (AvgIpc) is 2.77. The van der Waals surface area contributed by atoms with E-state index < -0.39 is 0 Å². The molecule has 1 unspecified atom stereocenters. The molecule has 5 heteroatoms. The molecule has 2 heterocycles. The molecule has 1 atom stereocenters. The van der Waals surface area contributed by atoms with Crippen LogP contribution in [0.1, 0.15) is 36.4 Å². The molecule has 2 N–H and O–H groups in total. The van der Waals surface area contributed by atoms with Crippen molar-refractivity contribution in [2.24, 2.45) is 11.7 Å². The van der Waals surface area contributed by atoms with E-state index in [1.54, 1.807) is 0 Å². The summed E-state index contributed by atoms with van der Waals surface area (Å²) >= 11 is 1.45. The topological polar surface area (TPSA) is 61.0 Å². The standard InChI is InChI=1S/C10H17N3OS/c1-2-8-10(15-13-12-8)9(11)7-3-5-14-6-4-7/h7,9H,2-6,11H2,1H3. The number of ether oxygens (including phenoxy) is 1. The third-order valence-electron chi connectivity index (χ3n) is 3.00. The van der Waals surface area contributed by atoms with Gasteiger partial charge in [-0.2, -0.15) is 0 Å². The molecule has 1 aromatic heterocycles. The van der Waals surface area contributed by atoms with Gasteiger partial charge < -0.3 is 10.5 Å². The summed E-state index contributed by atoms with van der Waals surface area (Å²) in [7, 11) is 0. The molecular weight excluding hydrogens is 210 g/mol. The van der Waals surface area contributed by atoms with Gasteiger partial charge in [-0.1, -0.05) is 11.4 Å². The molecule has 1 aliphatic heterocycles. The van der Waals surface area contributed by atoms with Crippen molar-refractivity contribution in [1.29, 1.82) is 0 Å². The smallest absolute Gasteiger partial charge is 0.0801 e. The summed E-state index contributed by atoms with van der Waals surface area (Å²) in [4.78, 5) is 1.17. The van der Waals surface area contributed by atoms with Gasteiger partial charge in [0.05, 0.1) is 10.6 Å². The van der Waals surface area contributed by atoms with Gasteiger partial charge in [-0.05, 0) is 36.7 Å². The molecule has 1 aliphatic rings. The predicted molar refractivity (Wildman–Crippen MR) is 59.8 cm³/mol. The molecule has 2 rings (SSSR count). The van der Waals surface area contributed by atoms with Gasteiger partial charge in [-0.25, -0.2) is 0 Å². The van der Waals surface area contributed by atoms with Crippen LogP contribution < -0.4 is 5.73 Å². The Balaban J connectivity index is 2.08. The molecule has 1 saturated heterocycles. The lowest BCUT2D eigenvalue weighted by Gasteiger charge is -2.26. The van der Waals surface area contributed by atoms with Gasteiger partial charge in [-0.15, -0.1) is 5.10 Å². The normalized spacial score (nSPS) is 20.4. The van der Waals surface area contributed by atoms with Crippen molar-refractivity contribution in [3.05, 3.63) is 10.6 Å². The Bertz CT molecular complexity index is 309. The first-order valence-electron chi connectivity index (χ1n) is 5.47. The highest BCUT2D eigenvalue weighted by molar-refractivity contribution is 7.05. The predicted octanol–water partition coefficient (Wildman–Crippen LogP) is 1.53. The fraction of sp³-hybridized carbons (Fsp3) is 0.800. The Morgan fingerprint density at radius 1 is 1.53 bits per heavy atom. The minimum atomic E-state index is 0.101. The molecule has 0 spiro atoms. The highest BCUT2D eigenvalue weighted by atomic mass is 32.1. The first-order valence-corrected chi connectivity index (χ1v) is 6.24. The van der Waals surface area contributed by atoms with Crippen molar-refractivity contribution in [2.45, 2.75) is 32.2 Å². The zero-order valence-electron chi connectivity index (χ0n) is 8.98. The van der Waals surface area contributed by atoms with Crippen LogP contribution in [-0.2, 0) is 11.2 Å². The van der Waals surface area contributed by atoms with E-state index in [1.807, 2.05) is 0 Å². The van der Waals surface area contributed by atoms with Gasteiger partial charge in [0.15, 0.2) is 0 Å². The van der Waals surface area contributed by atoms with Gasteiger partial charge in [0.2, 0.25) is 0 Å². The molecule has 0 saturated carbocycles. The van der Waals surface area contributed by atoms with Crippen molar-refractivity contribution in [2.75, 3.05) is 13.2 Å². The van der Waals surface area contributed by atoms with Crippen LogP contribution in [0.5, 0.6) is 0 Å². The van der Waals surface area contributed by atoms with Gasteiger partial charge in [0.25, 0.3) is 0 Å². The fourth-order valence-corrected chi connectivity index (χ4v) is 2.83. The van der Waals surface area contributed by atoms with E-state index in [0.29, 0.717) is 5.92 Å². The molecule has 0 aliphatic carbocycles. The molecule has 84 valence electrons. The van der Waals surface area contributed by atoms with Crippen LogP contribution in [0.4, 0.5) is 0 Å². The molecule has 0 bridgehead atoms. The molecule has 1 fully saturated rings. The number of nitrogens with two attached hydrogens (primary N) is 1. The molecule has 0 aromatic carbocycles. The fourth-order valence-electron chi connectivity index (χ4n) is 2.00. The Kier molecular flexibility index (Phi) is 3.66. The zero-order valence-corrected chi connectivity index (χ0v) is 9.80. The van der Waals surface area contributed by atoms with Gasteiger partial charge in [-0.3, -0.25) is 0 Å². The Morgan fingerprint density at radius 2 is 2.27 bits per heavy atom. The summed E-state index contributed by atoms with van der Waals surface area (Å²) in [5.41, 5.74) is 7.33. The molecule has 0 amide bonds. The van der Waals surface area contributed by atoms with Crippen LogP contribution >= 0.6 is 11.5 Å². The second-order valence-corrected chi connectivity index (χ2v) is 4.70. The highest BCUT2D eigenvalue weighted by Crippen LogP contribution is 2.31. The summed E-state index contributed by atoms with van der Waals surface area (Å²) in [6.45, 7) is 3.77. The Labute approximate surface area is 94.0 Å². The zero-order chi connectivity index (χ0) is 10.7. The number of aromatic nitrogens is 2. The number of hydrogen-bond acceptors (Lipinski definition) is 5. The van der Waals surface area contributed by atoms with E-state index in [2.05, 4.69) is 16.5 Å². The lowest BCUT2D eigenvalue weighted by molar-refractivity contribution is 0.0586. The molecule has 0 radical (unpaired) electrons.